The average Bonchev–Trinajstić information content (AvgIpc) is 2.79. The Morgan fingerprint density at radius 2 is 1.45 bits per heavy atom. The van der Waals surface area contributed by atoms with E-state index >= 15 is 0 Å². The van der Waals surface area contributed by atoms with E-state index in [1.165, 1.54) is 30.5 Å². The maximum Gasteiger partial charge on any atom is 0.143 e. The number of hydrogen-bond donors (Lipinski definition) is 0. The van der Waals surface area contributed by atoms with Gasteiger partial charge >= 0.3 is 0 Å². The third-order valence-corrected chi connectivity index (χ3v) is 5.76. The molecule has 1 saturated heterocycles. The predicted molar refractivity (Wildman–Crippen MR) is 119 cm³/mol. The molecule has 0 bridgehead atoms. The SMILES string of the molecule is COc1ccccc1COc1ccccc1N1CCC(Cc2ccccc2)CC1. The maximum absolute atomic E-state index is 6.22. The van der Waals surface area contributed by atoms with Gasteiger partial charge in [-0.1, -0.05) is 60.7 Å². The Balaban J connectivity index is 1.38. The van der Waals surface area contributed by atoms with Gasteiger partial charge in [0.05, 0.1) is 12.8 Å². The molecule has 0 aliphatic carbocycles. The topological polar surface area (TPSA) is 21.7 Å². The zero-order valence-electron chi connectivity index (χ0n) is 17.1. The highest BCUT2D eigenvalue weighted by Gasteiger charge is 2.21. The summed E-state index contributed by atoms with van der Waals surface area (Å²) in [5.74, 6) is 2.57. The van der Waals surface area contributed by atoms with E-state index in [0.717, 1.165) is 36.1 Å². The quantitative estimate of drug-likeness (QED) is 0.516. The second-order valence-corrected chi connectivity index (χ2v) is 7.69. The summed E-state index contributed by atoms with van der Waals surface area (Å²) < 4.78 is 11.7. The molecule has 0 atom stereocenters. The molecule has 0 aromatic heterocycles. The van der Waals surface area contributed by atoms with Crippen LogP contribution in [0, 0.1) is 5.92 Å². The first-order chi connectivity index (χ1) is 14.3. The zero-order valence-corrected chi connectivity index (χ0v) is 17.1. The summed E-state index contributed by atoms with van der Waals surface area (Å²) in [4.78, 5) is 2.47. The van der Waals surface area contributed by atoms with E-state index in [1.807, 2.05) is 24.3 Å². The van der Waals surface area contributed by atoms with Crippen LogP contribution in [0.25, 0.3) is 0 Å². The van der Waals surface area contributed by atoms with Gasteiger partial charge in [-0.15, -0.1) is 0 Å². The number of benzene rings is 3. The van der Waals surface area contributed by atoms with Crippen molar-refractivity contribution in [1.29, 1.82) is 0 Å². The van der Waals surface area contributed by atoms with Crippen LogP contribution >= 0.6 is 0 Å². The van der Waals surface area contributed by atoms with E-state index in [2.05, 4.69) is 59.5 Å². The Kier molecular flexibility index (Phi) is 6.35. The summed E-state index contributed by atoms with van der Waals surface area (Å²) in [5, 5.41) is 0. The zero-order chi connectivity index (χ0) is 19.9. The second-order valence-electron chi connectivity index (χ2n) is 7.69. The van der Waals surface area contributed by atoms with Gasteiger partial charge in [0.15, 0.2) is 0 Å². The van der Waals surface area contributed by atoms with Crippen molar-refractivity contribution in [2.75, 3.05) is 25.1 Å². The Morgan fingerprint density at radius 3 is 2.21 bits per heavy atom. The fraction of sp³-hybridized carbons (Fsp3) is 0.308. The molecule has 1 aliphatic heterocycles. The van der Waals surface area contributed by atoms with E-state index in [1.54, 1.807) is 7.11 Å². The van der Waals surface area contributed by atoms with Crippen LogP contribution in [0.3, 0.4) is 0 Å². The lowest BCUT2D eigenvalue weighted by Crippen LogP contribution is -2.34. The number of para-hydroxylation sites is 3. The van der Waals surface area contributed by atoms with E-state index in [4.69, 9.17) is 9.47 Å². The van der Waals surface area contributed by atoms with Crippen LogP contribution in [-0.4, -0.2) is 20.2 Å². The molecular weight excluding hydrogens is 358 g/mol. The highest BCUT2D eigenvalue weighted by Crippen LogP contribution is 2.33. The number of anilines is 1. The van der Waals surface area contributed by atoms with Crippen LogP contribution < -0.4 is 14.4 Å². The molecule has 1 fully saturated rings. The minimum absolute atomic E-state index is 0.505. The van der Waals surface area contributed by atoms with E-state index < -0.39 is 0 Å². The van der Waals surface area contributed by atoms with Gasteiger partial charge in [0.25, 0.3) is 0 Å². The van der Waals surface area contributed by atoms with E-state index in [-0.39, 0.29) is 0 Å². The van der Waals surface area contributed by atoms with Gasteiger partial charge in [-0.3, -0.25) is 0 Å². The molecule has 1 aliphatic rings. The third kappa shape index (κ3) is 4.92. The molecule has 3 aromatic rings. The van der Waals surface area contributed by atoms with Gasteiger partial charge in [-0.25, -0.2) is 0 Å². The van der Waals surface area contributed by atoms with Gasteiger partial charge < -0.3 is 14.4 Å². The second kappa shape index (κ2) is 9.51. The fourth-order valence-corrected chi connectivity index (χ4v) is 4.14. The lowest BCUT2D eigenvalue weighted by molar-refractivity contribution is 0.295. The highest BCUT2D eigenvalue weighted by molar-refractivity contribution is 5.58. The number of nitrogens with zero attached hydrogens (tertiary/aromatic N) is 1. The molecule has 3 heteroatoms. The van der Waals surface area contributed by atoms with Gasteiger partial charge in [-0.05, 0) is 48.9 Å². The summed E-state index contributed by atoms with van der Waals surface area (Å²) in [5.41, 5.74) is 3.71. The van der Waals surface area contributed by atoms with Crippen LogP contribution in [0.15, 0.2) is 78.9 Å². The molecule has 29 heavy (non-hydrogen) atoms. The smallest absolute Gasteiger partial charge is 0.143 e. The monoisotopic (exact) mass is 387 g/mol. The van der Waals surface area contributed by atoms with Gasteiger partial charge in [0.1, 0.15) is 18.1 Å². The number of rotatable bonds is 7. The van der Waals surface area contributed by atoms with Crippen molar-refractivity contribution in [3.8, 4) is 11.5 Å². The molecule has 0 spiro atoms. The first kappa shape index (κ1) is 19.4. The molecule has 0 saturated carbocycles. The Labute approximate surface area is 173 Å². The summed E-state index contributed by atoms with van der Waals surface area (Å²) >= 11 is 0. The molecule has 0 unspecified atom stereocenters. The van der Waals surface area contributed by atoms with Crippen LogP contribution in [0.1, 0.15) is 24.0 Å². The molecule has 1 heterocycles. The lowest BCUT2D eigenvalue weighted by Gasteiger charge is -2.34. The summed E-state index contributed by atoms with van der Waals surface area (Å²) in [6, 6.07) is 27.3. The van der Waals surface area contributed by atoms with E-state index in [0.29, 0.717) is 6.61 Å². The molecule has 3 aromatic carbocycles. The van der Waals surface area contributed by atoms with Crippen LogP contribution in [0.4, 0.5) is 5.69 Å². The maximum atomic E-state index is 6.22. The van der Waals surface area contributed by atoms with Crippen LogP contribution in [0.2, 0.25) is 0 Å². The summed E-state index contributed by atoms with van der Waals surface area (Å²) in [7, 11) is 1.70. The van der Waals surface area contributed by atoms with Crippen molar-refractivity contribution in [3.63, 3.8) is 0 Å². The molecule has 0 N–H and O–H groups in total. The standard InChI is InChI=1S/C26H29NO2/c1-28-25-13-7-5-11-23(25)20-29-26-14-8-6-12-24(26)27-17-15-22(16-18-27)19-21-9-3-2-4-10-21/h2-14,22H,15-20H2,1H3. The molecule has 3 nitrogen and oxygen atoms in total. The normalized spacial score (nSPS) is 14.6. The van der Waals surface area contributed by atoms with Crippen molar-refractivity contribution < 1.29 is 9.47 Å². The van der Waals surface area contributed by atoms with Crippen molar-refractivity contribution >= 4 is 5.69 Å². The summed E-state index contributed by atoms with van der Waals surface area (Å²) in [6.45, 7) is 2.66. The third-order valence-electron chi connectivity index (χ3n) is 5.76. The summed E-state index contributed by atoms with van der Waals surface area (Å²) in [6.07, 6.45) is 3.62. The predicted octanol–water partition coefficient (Wildman–Crippen LogP) is 5.73. The Morgan fingerprint density at radius 1 is 0.793 bits per heavy atom. The Hall–Kier alpha value is -2.94. The number of ether oxygens (including phenoxy) is 2. The molecule has 0 radical (unpaired) electrons. The van der Waals surface area contributed by atoms with Crippen molar-refractivity contribution in [2.45, 2.75) is 25.9 Å². The average molecular weight is 388 g/mol. The number of methoxy groups -OCH3 is 1. The largest absolute Gasteiger partial charge is 0.496 e. The van der Waals surface area contributed by atoms with Crippen molar-refractivity contribution in [3.05, 3.63) is 90.0 Å². The first-order valence-corrected chi connectivity index (χ1v) is 10.5. The van der Waals surface area contributed by atoms with Gasteiger partial charge in [0, 0.05) is 18.7 Å². The molecule has 0 amide bonds. The van der Waals surface area contributed by atoms with E-state index in [9.17, 15) is 0 Å². The van der Waals surface area contributed by atoms with Gasteiger partial charge in [0.2, 0.25) is 0 Å². The fourth-order valence-electron chi connectivity index (χ4n) is 4.14. The highest BCUT2D eigenvalue weighted by atomic mass is 16.5. The van der Waals surface area contributed by atoms with Crippen molar-refractivity contribution in [2.24, 2.45) is 5.92 Å². The van der Waals surface area contributed by atoms with Crippen molar-refractivity contribution in [1.82, 2.24) is 0 Å². The minimum atomic E-state index is 0.505. The number of hydrogen-bond acceptors (Lipinski definition) is 3. The molecule has 4 rings (SSSR count). The minimum Gasteiger partial charge on any atom is -0.496 e. The van der Waals surface area contributed by atoms with Gasteiger partial charge in [-0.2, -0.15) is 0 Å². The Bertz CT molecular complexity index is 901. The van der Waals surface area contributed by atoms with Crippen LogP contribution in [0.5, 0.6) is 11.5 Å². The lowest BCUT2D eigenvalue weighted by atomic mass is 9.90. The molecular formula is C26H29NO2. The van der Waals surface area contributed by atoms with Crippen LogP contribution in [-0.2, 0) is 13.0 Å². The number of piperidine rings is 1. The first-order valence-electron chi connectivity index (χ1n) is 10.5. The molecule has 150 valence electrons.